The first-order valence-corrected chi connectivity index (χ1v) is 10.7. The first-order chi connectivity index (χ1) is 14.8. The van der Waals surface area contributed by atoms with Gasteiger partial charge < -0.3 is 14.0 Å². The zero-order valence-electron chi connectivity index (χ0n) is 17.1. The highest BCUT2D eigenvalue weighted by molar-refractivity contribution is 7.07. The third-order valence-corrected chi connectivity index (χ3v) is 5.78. The van der Waals surface area contributed by atoms with E-state index in [2.05, 4.69) is 40.3 Å². The predicted octanol–water partition coefficient (Wildman–Crippen LogP) is 5.71. The first-order valence-electron chi connectivity index (χ1n) is 9.83. The van der Waals surface area contributed by atoms with E-state index in [-0.39, 0.29) is 0 Å². The Morgan fingerprint density at radius 3 is 2.23 bits per heavy atom. The molecule has 0 spiro atoms. The van der Waals surface area contributed by atoms with Crippen LogP contribution in [0.1, 0.15) is 5.56 Å². The minimum absolute atomic E-state index is 0.745. The van der Waals surface area contributed by atoms with Crippen molar-refractivity contribution >= 4 is 17.0 Å². The van der Waals surface area contributed by atoms with Crippen molar-refractivity contribution < 1.29 is 9.47 Å². The molecule has 0 bridgehead atoms. The maximum atomic E-state index is 5.46. The summed E-state index contributed by atoms with van der Waals surface area (Å²) in [4.78, 5) is 5.88. The molecule has 0 atom stereocenters. The van der Waals surface area contributed by atoms with Gasteiger partial charge in [0.2, 0.25) is 0 Å². The van der Waals surface area contributed by atoms with Gasteiger partial charge in [0.05, 0.1) is 25.6 Å². The minimum Gasteiger partial charge on any atom is -0.493 e. The number of aryl methyl sites for hydroxylation is 1. The molecule has 0 saturated carbocycles. The van der Waals surface area contributed by atoms with Gasteiger partial charge in [0.15, 0.2) is 16.3 Å². The Hall–Kier alpha value is -3.31. The number of rotatable bonds is 7. The van der Waals surface area contributed by atoms with Gasteiger partial charge in [0.25, 0.3) is 0 Å². The highest BCUT2D eigenvalue weighted by Gasteiger charge is 2.10. The van der Waals surface area contributed by atoms with Crippen molar-refractivity contribution in [1.82, 2.24) is 4.57 Å². The fraction of sp³-hybridized carbons (Fsp3) is 0.160. The summed E-state index contributed by atoms with van der Waals surface area (Å²) in [6, 6.07) is 26.6. The van der Waals surface area contributed by atoms with E-state index in [4.69, 9.17) is 14.5 Å². The smallest absolute Gasteiger partial charge is 0.190 e. The number of para-hydroxylation sites is 1. The molecular formula is C25H24N2O2S. The average Bonchev–Trinajstić information content (AvgIpc) is 3.21. The Morgan fingerprint density at radius 1 is 0.833 bits per heavy atom. The zero-order chi connectivity index (χ0) is 20.8. The van der Waals surface area contributed by atoms with Crippen LogP contribution in [0.4, 0.5) is 5.69 Å². The highest BCUT2D eigenvalue weighted by Crippen LogP contribution is 2.28. The molecule has 4 aromatic rings. The van der Waals surface area contributed by atoms with Crippen LogP contribution in [0.3, 0.4) is 0 Å². The molecule has 0 amide bonds. The van der Waals surface area contributed by atoms with Crippen molar-refractivity contribution in [1.29, 1.82) is 0 Å². The van der Waals surface area contributed by atoms with Crippen LogP contribution in [0, 0.1) is 0 Å². The van der Waals surface area contributed by atoms with Gasteiger partial charge >= 0.3 is 0 Å². The number of methoxy groups -OCH3 is 2. The second kappa shape index (κ2) is 9.46. The summed E-state index contributed by atoms with van der Waals surface area (Å²) in [5.74, 6) is 1.50. The van der Waals surface area contributed by atoms with E-state index in [1.54, 1.807) is 25.6 Å². The Kier molecular flexibility index (Phi) is 6.30. The van der Waals surface area contributed by atoms with E-state index in [1.165, 1.54) is 16.8 Å². The molecule has 0 saturated heterocycles. The summed E-state index contributed by atoms with van der Waals surface area (Å²) < 4.78 is 13.1. The fourth-order valence-corrected chi connectivity index (χ4v) is 4.32. The number of benzene rings is 3. The van der Waals surface area contributed by atoms with Crippen LogP contribution in [0.5, 0.6) is 11.5 Å². The van der Waals surface area contributed by atoms with Gasteiger partial charge in [0, 0.05) is 11.9 Å². The minimum atomic E-state index is 0.745. The van der Waals surface area contributed by atoms with Gasteiger partial charge in [-0.3, -0.25) is 0 Å². The van der Waals surface area contributed by atoms with E-state index in [9.17, 15) is 0 Å². The van der Waals surface area contributed by atoms with Crippen molar-refractivity contribution in [3.8, 4) is 22.8 Å². The van der Waals surface area contributed by atoms with Crippen LogP contribution < -0.4 is 14.3 Å². The topological polar surface area (TPSA) is 35.8 Å². The molecule has 0 unspecified atom stereocenters. The summed E-state index contributed by atoms with van der Waals surface area (Å²) in [5.41, 5.74) is 4.51. The SMILES string of the molecule is COc1ccc(CCn2c(-c3ccccc3)csc2=Nc2ccccc2)cc1OC. The second-order valence-corrected chi connectivity index (χ2v) is 7.64. The molecule has 0 fully saturated rings. The van der Waals surface area contributed by atoms with E-state index in [0.29, 0.717) is 0 Å². The number of nitrogens with zero attached hydrogens (tertiary/aromatic N) is 2. The molecule has 0 aliphatic carbocycles. The maximum Gasteiger partial charge on any atom is 0.190 e. The van der Waals surface area contributed by atoms with Crippen molar-refractivity contribution in [2.45, 2.75) is 13.0 Å². The normalized spacial score (nSPS) is 11.5. The van der Waals surface area contributed by atoms with Crippen LogP contribution in [0.15, 0.2) is 89.2 Å². The Bertz CT molecular complexity index is 1160. The van der Waals surface area contributed by atoms with Crippen LogP contribution in [-0.2, 0) is 13.0 Å². The molecule has 1 aromatic heterocycles. The highest BCUT2D eigenvalue weighted by atomic mass is 32.1. The summed E-state index contributed by atoms with van der Waals surface area (Å²) in [6.07, 6.45) is 0.860. The Balaban J connectivity index is 1.70. The number of hydrogen-bond acceptors (Lipinski definition) is 4. The largest absolute Gasteiger partial charge is 0.493 e. The lowest BCUT2D eigenvalue weighted by molar-refractivity contribution is 0.354. The third-order valence-electron chi connectivity index (χ3n) is 4.92. The molecule has 4 nitrogen and oxygen atoms in total. The second-order valence-electron chi connectivity index (χ2n) is 6.81. The molecule has 0 aliphatic heterocycles. The van der Waals surface area contributed by atoms with Gasteiger partial charge in [-0.25, -0.2) is 4.99 Å². The predicted molar refractivity (Wildman–Crippen MR) is 123 cm³/mol. The van der Waals surface area contributed by atoms with Gasteiger partial charge in [-0.15, -0.1) is 11.3 Å². The molecule has 30 heavy (non-hydrogen) atoms. The van der Waals surface area contributed by atoms with Gasteiger partial charge in [-0.1, -0.05) is 54.6 Å². The number of thiazole rings is 1. The lowest BCUT2D eigenvalue weighted by Gasteiger charge is -2.12. The van der Waals surface area contributed by atoms with E-state index in [1.807, 2.05) is 48.5 Å². The Morgan fingerprint density at radius 2 is 1.53 bits per heavy atom. The molecule has 1 heterocycles. The number of hydrogen-bond donors (Lipinski definition) is 0. The Labute approximate surface area is 180 Å². The van der Waals surface area contributed by atoms with Crippen LogP contribution in [-0.4, -0.2) is 18.8 Å². The molecule has 4 rings (SSSR count). The summed E-state index contributed by atoms with van der Waals surface area (Å²) in [6.45, 7) is 0.814. The lowest BCUT2D eigenvalue weighted by atomic mass is 10.1. The van der Waals surface area contributed by atoms with Crippen molar-refractivity contribution in [2.24, 2.45) is 4.99 Å². The van der Waals surface area contributed by atoms with Crippen molar-refractivity contribution in [3.63, 3.8) is 0 Å². The van der Waals surface area contributed by atoms with Gasteiger partial charge in [0.1, 0.15) is 0 Å². The lowest BCUT2D eigenvalue weighted by Crippen LogP contribution is -2.17. The molecular weight excluding hydrogens is 392 g/mol. The maximum absolute atomic E-state index is 5.46. The molecule has 152 valence electrons. The monoisotopic (exact) mass is 416 g/mol. The first kappa shape index (κ1) is 20.0. The summed E-state index contributed by atoms with van der Waals surface area (Å²) in [7, 11) is 3.32. The fourth-order valence-electron chi connectivity index (χ4n) is 3.36. The van der Waals surface area contributed by atoms with E-state index >= 15 is 0 Å². The van der Waals surface area contributed by atoms with E-state index < -0.39 is 0 Å². The number of aromatic nitrogens is 1. The molecule has 0 N–H and O–H groups in total. The van der Waals surface area contributed by atoms with E-state index in [0.717, 1.165) is 35.0 Å². The molecule has 0 radical (unpaired) electrons. The summed E-state index contributed by atoms with van der Waals surface area (Å²) in [5, 5.41) is 2.19. The van der Waals surface area contributed by atoms with Gasteiger partial charge in [-0.2, -0.15) is 0 Å². The zero-order valence-corrected chi connectivity index (χ0v) is 17.9. The van der Waals surface area contributed by atoms with Crippen LogP contribution in [0.25, 0.3) is 11.3 Å². The average molecular weight is 417 g/mol. The van der Waals surface area contributed by atoms with Crippen molar-refractivity contribution in [2.75, 3.05) is 14.2 Å². The third kappa shape index (κ3) is 4.47. The van der Waals surface area contributed by atoms with Gasteiger partial charge in [-0.05, 0) is 41.8 Å². The summed E-state index contributed by atoms with van der Waals surface area (Å²) >= 11 is 1.67. The molecule has 0 aliphatic rings. The standard InChI is InChI=1S/C25H24N2O2S/c1-28-23-14-13-19(17-24(23)29-2)15-16-27-22(20-9-5-3-6-10-20)18-30-25(27)26-21-11-7-4-8-12-21/h3-14,17-18H,15-16H2,1-2H3. The van der Waals surface area contributed by atoms with Crippen LogP contribution in [0.2, 0.25) is 0 Å². The molecule has 5 heteroatoms. The van der Waals surface area contributed by atoms with Crippen molar-refractivity contribution in [3.05, 3.63) is 94.6 Å². The number of ether oxygens (including phenoxy) is 2. The quantitative estimate of drug-likeness (QED) is 0.387. The van der Waals surface area contributed by atoms with Crippen LogP contribution >= 0.6 is 11.3 Å². The molecule has 3 aromatic carbocycles.